The molecule has 0 saturated carbocycles. The Bertz CT molecular complexity index is 934. The molecule has 2 aromatic carbocycles. The number of nitrogens with two attached hydrogens (primary N) is 1. The molecule has 0 bridgehead atoms. The number of anilines is 2. The minimum absolute atomic E-state index is 0.0504. The Morgan fingerprint density at radius 2 is 2.00 bits per heavy atom. The lowest BCUT2D eigenvalue weighted by atomic mass is 9.97. The number of hydrogen-bond donors (Lipinski definition) is 2. The molecule has 0 aliphatic carbocycles. The smallest absolute Gasteiger partial charge is 0.248 e. The van der Waals surface area contributed by atoms with E-state index in [2.05, 4.69) is 15.3 Å². The highest BCUT2D eigenvalue weighted by Crippen LogP contribution is 2.43. The van der Waals surface area contributed by atoms with E-state index >= 15 is 0 Å². The fourth-order valence-electron chi connectivity index (χ4n) is 2.69. The molecular weight excluding hydrogens is 331 g/mol. The van der Waals surface area contributed by atoms with Crippen LogP contribution in [0.5, 0.6) is 11.6 Å². The molecule has 0 radical (unpaired) electrons. The minimum Gasteiger partial charge on any atom is -0.437 e. The minimum atomic E-state index is -0.471. The predicted molar refractivity (Wildman–Crippen MR) is 89.8 cm³/mol. The number of nitrogens with zero attached hydrogens (tertiary/aromatic N) is 2. The number of nitrogens with one attached hydrogen (secondary N) is 1. The third kappa shape index (κ3) is 2.41. The monoisotopic (exact) mass is 342 g/mol. The van der Waals surface area contributed by atoms with E-state index in [4.69, 9.17) is 22.1 Å². The molecule has 3 aromatic rings. The summed E-state index contributed by atoms with van der Waals surface area (Å²) in [4.78, 5) is 8.13. The lowest BCUT2D eigenvalue weighted by molar-refractivity contribution is 0.463. The van der Waals surface area contributed by atoms with Crippen LogP contribution in [0.3, 0.4) is 0 Å². The highest BCUT2D eigenvalue weighted by Gasteiger charge is 2.26. The second-order valence-corrected chi connectivity index (χ2v) is 5.74. The highest BCUT2D eigenvalue weighted by molar-refractivity contribution is 6.30. The van der Waals surface area contributed by atoms with Gasteiger partial charge in [0, 0.05) is 5.56 Å². The number of aromatic nitrogens is 2. The van der Waals surface area contributed by atoms with Gasteiger partial charge in [-0.15, -0.1) is 0 Å². The van der Waals surface area contributed by atoms with Crippen LogP contribution in [0, 0.1) is 5.82 Å². The maximum Gasteiger partial charge on any atom is 0.248 e. The Balaban J connectivity index is 1.91. The number of benzene rings is 2. The molecule has 4 rings (SSSR count). The highest BCUT2D eigenvalue weighted by atomic mass is 35.5. The molecule has 7 heteroatoms. The summed E-state index contributed by atoms with van der Waals surface area (Å²) in [6, 6.07) is 11.8. The molecule has 0 amide bonds. The second kappa shape index (κ2) is 5.65. The van der Waals surface area contributed by atoms with E-state index in [1.807, 2.05) is 24.3 Å². The number of ether oxygens (including phenoxy) is 1. The predicted octanol–water partition coefficient (Wildman–Crippen LogP) is 4.16. The largest absolute Gasteiger partial charge is 0.437 e. The second-order valence-electron chi connectivity index (χ2n) is 5.33. The van der Waals surface area contributed by atoms with E-state index in [1.165, 1.54) is 12.4 Å². The molecule has 24 heavy (non-hydrogen) atoms. The van der Waals surface area contributed by atoms with Crippen LogP contribution in [0.4, 0.5) is 15.9 Å². The molecule has 1 unspecified atom stereocenters. The van der Waals surface area contributed by atoms with Crippen molar-refractivity contribution in [2.75, 3.05) is 11.1 Å². The first-order valence-electron chi connectivity index (χ1n) is 7.22. The van der Waals surface area contributed by atoms with E-state index < -0.39 is 5.82 Å². The number of fused-ring (bicyclic) bond motifs is 2. The lowest BCUT2D eigenvalue weighted by Gasteiger charge is -2.20. The van der Waals surface area contributed by atoms with Gasteiger partial charge in [-0.3, -0.25) is 0 Å². The zero-order chi connectivity index (χ0) is 16.7. The molecule has 1 aliphatic heterocycles. The van der Waals surface area contributed by atoms with Crippen LogP contribution >= 0.6 is 11.6 Å². The molecule has 3 N–H and O–H groups in total. The van der Waals surface area contributed by atoms with E-state index in [-0.39, 0.29) is 16.9 Å². The molecule has 0 spiro atoms. The van der Waals surface area contributed by atoms with Gasteiger partial charge in [-0.1, -0.05) is 35.9 Å². The van der Waals surface area contributed by atoms with Crippen LogP contribution in [0.2, 0.25) is 5.02 Å². The van der Waals surface area contributed by atoms with Crippen molar-refractivity contribution in [2.24, 2.45) is 0 Å². The zero-order valence-electron chi connectivity index (χ0n) is 12.3. The first-order chi connectivity index (χ1) is 11.6. The van der Waals surface area contributed by atoms with Gasteiger partial charge in [-0.05, 0) is 23.8 Å². The van der Waals surface area contributed by atoms with Crippen molar-refractivity contribution in [3.05, 3.63) is 70.8 Å². The topological polar surface area (TPSA) is 73.1 Å². The molecule has 1 atom stereocenters. The summed E-state index contributed by atoms with van der Waals surface area (Å²) in [6.45, 7) is 0. The van der Waals surface area contributed by atoms with Gasteiger partial charge in [0.15, 0.2) is 5.82 Å². The summed E-state index contributed by atoms with van der Waals surface area (Å²) in [6.07, 6.45) is 1.34. The standard InChI is InChI=1S/C17H12ClFN4O/c18-11-7-9(5-6-12(11)19)14-10-3-1-2-4-13(10)24-17-15(23-14)16(20)21-8-22-17/h1-8,14,23H,(H2,20,21,22). The molecule has 120 valence electrons. The number of halogens is 2. The van der Waals surface area contributed by atoms with Crippen molar-refractivity contribution in [1.82, 2.24) is 9.97 Å². The van der Waals surface area contributed by atoms with Crippen LogP contribution < -0.4 is 15.8 Å². The Morgan fingerprint density at radius 1 is 1.17 bits per heavy atom. The summed E-state index contributed by atoms with van der Waals surface area (Å²) in [7, 11) is 0. The summed E-state index contributed by atoms with van der Waals surface area (Å²) in [5.41, 5.74) is 8.08. The summed E-state index contributed by atoms with van der Waals surface area (Å²) >= 11 is 5.95. The molecule has 5 nitrogen and oxygen atoms in total. The molecular formula is C17H12ClFN4O. The Labute approximate surface area is 142 Å². The first-order valence-corrected chi connectivity index (χ1v) is 7.60. The maximum absolute atomic E-state index is 13.5. The number of para-hydroxylation sites is 1. The molecule has 1 aliphatic rings. The van der Waals surface area contributed by atoms with Crippen LogP contribution in [-0.4, -0.2) is 9.97 Å². The van der Waals surface area contributed by atoms with Crippen LogP contribution in [0.25, 0.3) is 0 Å². The van der Waals surface area contributed by atoms with Crippen molar-refractivity contribution in [2.45, 2.75) is 6.04 Å². The van der Waals surface area contributed by atoms with Crippen LogP contribution in [-0.2, 0) is 0 Å². The third-order valence-corrected chi connectivity index (χ3v) is 4.13. The summed E-state index contributed by atoms with van der Waals surface area (Å²) in [5, 5.41) is 3.34. The molecule has 0 fully saturated rings. The molecule has 2 heterocycles. The van der Waals surface area contributed by atoms with Gasteiger partial charge in [0.2, 0.25) is 5.88 Å². The van der Waals surface area contributed by atoms with E-state index in [0.717, 1.165) is 11.1 Å². The first kappa shape index (κ1) is 14.7. The normalized spacial score (nSPS) is 15.5. The van der Waals surface area contributed by atoms with Crippen molar-refractivity contribution in [1.29, 1.82) is 0 Å². The van der Waals surface area contributed by atoms with Gasteiger partial charge in [0.1, 0.15) is 23.6 Å². The van der Waals surface area contributed by atoms with Gasteiger partial charge < -0.3 is 15.8 Å². The van der Waals surface area contributed by atoms with Crippen molar-refractivity contribution < 1.29 is 9.13 Å². The Kier molecular flexibility index (Phi) is 3.46. The average molecular weight is 343 g/mol. The number of nitrogen functional groups attached to an aromatic ring is 1. The van der Waals surface area contributed by atoms with Gasteiger partial charge >= 0.3 is 0 Å². The maximum atomic E-state index is 13.5. The third-order valence-electron chi connectivity index (χ3n) is 3.84. The van der Waals surface area contributed by atoms with Gasteiger partial charge in [0.25, 0.3) is 0 Å². The van der Waals surface area contributed by atoms with Crippen LogP contribution in [0.15, 0.2) is 48.8 Å². The summed E-state index contributed by atoms with van der Waals surface area (Å²) in [5.74, 6) is 0.769. The van der Waals surface area contributed by atoms with E-state index in [0.29, 0.717) is 17.3 Å². The quantitative estimate of drug-likeness (QED) is 0.694. The van der Waals surface area contributed by atoms with Crippen LogP contribution in [0.1, 0.15) is 17.2 Å². The van der Waals surface area contributed by atoms with Crippen molar-refractivity contribution >= 4 is 23.1 Å². The Hall–Kier alpha value is -2.86. The van der Waals surface area contributed by atoms with E-state index in [9.17, 15) is 4.39 Å². The Morgan fingerprint density at radius 3 is 2.83 bits per heavy atom. The molecule has 0 saturated heterocycles. The van der Waals surface area contributed by atoms with E-state index in [1.54, 1.807) is 12.1 Å². The summed E-state index contributed by atoms with van der Waals surface area (Å²) < 4.78 is 19.4. The van der Waals surface area contributed by atoms with Gasteiger partial charge in [-0.2, -0.15) is 4.98 Å². The molecule has 1 aromatic heterocycles. The zero-order valence-corrected chi connectivity index (χ0v) is 13.1. The number of hydrogen-bond acceptors (Lipinski definition) is 5. The average Bonchev–Trinajstić information content (AvgIpc) is 2.75. The SMILES string of the molecule is Nc1ncnc2c1NC(c1ccc(F)c(Cl)c1)c1ccccc1O2. The van der Waals surface area contributed by atoms with Crippen molar-refractivity contribution in [3.8, 4) is 11.6 Å². The number of rotatable bonds is 1. The van der Waals surface area contributed by atoms with Crippen molar-refractivity contribution in [3.63, 3.8) is 0 Å². The van der Waals surface area contributed by atoms with Gasteiger partial charge in [0.05, 0.1) is 11.1 Å². The lowest BCUT2D eigenvalue weighted by Crippen LogP contribution is -2.13. The van der Waals surface area contributed by atoms with Gasteiger partial charge in [-0.25, -0.2) is 9.37 Å². The fraction of sp³-hybridized carbons (Fsp3) is 0.0588. The fourth-order valence-corrected chi connectivity index (χ4v) is 2.88.